The Bertz CT molecular complexity index is 999. The van der Waals surface area contributed by atoms with Crippen molar-refractivity contribution in [1.82, 2.24) is 10.4 Å². The topological polar surface area (TPSA) is 67.9 Å². The molecule has 33 heavy (non-hydrogen) atoms. The fourth-order valence-corrected chi connectivity index (χ4v) is 3.88. The molecule has 3 aromatic rings. The van der Waals surface area contributed by atoms with Crippen LogP contribution in [0.4, 0.5) is 4.79 Å². The number of rotatable bonds is 6. The highest BCUT2D eigenvalue weighted by molar-refractivity contribution is 5.90. The van der Waals surface area contributed by atoms with Gasteiger partial charge in [0.25, 0.3) is 5.91 Å². The van der Waals surface area contributed by atoms with Crippen LogP contribution >= 0.6 is 0 Å². The van der Waals surface area contributed by atoms with Crippen LogP contribution in [0, 0.1) is 0 Å². The van der Waals surface area contributed by atoms with Crippen LogP contribution in [0.2, 0.25) is 0 Å². The Morgan fingerprint density at radius 1 is 0.818 bits per heavy atom. The van der Waals surface area contributed by atoms with Gasteiger partial charge in [-0.3, -0.25) is 4.79 Å². The number of nitrogens with one attached hydrogen (secondary N) is 1. The third kappa shape index (κ3) is 4.76. The van der Waals surface area contributed by atoms with Gasteiger partial charge in [-0.1, -0.05) is 91.0 Å². The first kappa shape index (κ1) is 22.6. The molecular weight excluding hydrogens is 416 g/mol. The number of alkyl carbamates (subject to hydrolysis) is 1. The van der Waals surface area contributed by atoms with Crippen molar-refractivity contribution in [3.63, 3.8) is 0 Å². The Labute approximate surface area is 194 Å². The molecule has 1 N–H and O–H groups in total. The molecule has 1 unspecified atom stereocenters. The van der Waals surface area contributed by atoms with Crippen LogP contribution in [0.15, 0.2) is 91.0 Å². The number of nitrogens with zero attached hydrogens (tertiary/aromatic N) is 1. The Kier molecular flexibility index (Phi) is 6.20. The molecule has 0 aliphatic carbocycles. The minimum atomic E-state index is -1.05. The molecule has 3 aromatic carbocycles. The zero-order valence-corrected chi connectivity index (χ0v) is 19.0. The monoisotopic (exact) mass is 444 g/mol. The molecule has 6 nitrogen and oxygen atoms in total. The summed E-state index contributed by atoms with van der Waals surface area (Å²) < 4.78 is 5.27. The zero-order chi connectivity index (χ0) is 23.5. The van der Waals surface area contributed by atoms with Crippen LogP contribution in [0.25, 0.3) is 0 Å². The van der Waals surface area contributed by atoms with Crippen molar-refractivity contribution < 1.29 is 19.2 Å². The lowest BCUT2D eigenvalue weighted by atomic mass is 9.80. The SMILES string of the molecule is CC(C)(C)OC(=O)NC1CN(OC(c2ccccc2)(c2ccccc2)c2ccccc2)C1=O. The average molecular weight is 445 g/mol. The first-order chi connectivity index (χ1) is 15.8. The lowest BCUT2D eigenvalue weighted by Gasteiger charge is -2.45. The van der Waals surface area contributed by atoms with E-state index in [0.717, 1.165) is 16.7 Å². The van der Waals surface area contributed by atoms with Crippen LogP contribution in [0.1, 0.15) is 37.5 Å². The Morgan fingerprint density at radius 2 is 1.24 bits per heavy atom. The van der Waals surface area contributed by atoms with E-state index in [0.29, 0.717) is 0 Å². The van der Waals surface area contributed by atoms with Gasteiger partial charge in [0.15, 0.2) is 5.60 Å². The molecular formula is C27H28N2O4. The second kappa shape index (κ2) is 9.08. The van der Waals surface area contributed by atoms with Gasteiger partial charge in [0.1, 0.15) is 11.6 Å². The van der Waals surface area contributed by atoms with E-state index in [1.165, 1.54) is 5.06 Å². The van der Waals surface area contributed by atoms with Gasteiger partial charge in [-0.25, -0.2) is 14.7 Å². The standard InChI is InChI=1S/C27H28N2O4/c1-26(2,3)32-25(31)28-23-19-29(24(23)30)33-27(20-13-7-4-8-14-20,21-15-9-5-10-16-21)22-17-11-6-12-18-22/h4-18,23H,19H2,1-3H3,(H,28,31). The maximum Gasteiger partial charge on any atom is 0.408 e. The van der Waals surface area contributed by atoms with E-state index in [1.807, 2.05) is 91.0 Å². The molecule has 1 atom stereocenters. The molecule has 0 spiro atoms. The van der Waals surface area contributed by atoms with Crippen molar-refractivity contribution in [1.29, 1.82) is 0 Å². The predicted octanol–water partition coefficient (Wildman–Crippen LogP) is 4.65. The number of benzene rings is 3. The fourth-order valence-electron chi connectivity index (χ4n) is 3.88. The molecule has 0 saturated carbocycles. The minimum absolute atomic E-state index is 0.215. The van der Waals surface area contributed by atoms with Gasteiger partial charge >= 0.3 is 6.09 Å². The van der Waals surface area contributed by atoms with Crippen LogP contribution in [0.3, 0.4) is 0 Å². The van der Waals surface area contributed by atoms with Crippen LogP contribution in [-0.2, 0) is 20.0 Å². The van der Waals surface area contributed by atoms with Crippen molar-refractivity contribution in [2.75, 3.05) is 6.54 Å². The molecule has 2 amide bonds. The molecule has 1 heterocycles. The van der Waals surface area contributed by atoms with E-state index in [9.17, 15) is 9.59 Å². The smallest absolute Gasteiger partial charge is 0.408 e. The molecule has 1 saturated heterocycles. The zero-order valence-electron chi connectivity index (χ0n) is 19.0. The van der Waals surface area contributed by atoms with Gasteiger partial charge in [0.05, 0.1) is 6.54 Å². The van der Waals surface area contributed by atoms with Crippen LogP contribution < -0.4 is 5.32 Å². The van der Waals surface area contributed by atoms with E-state index in [-0.39, 0.29) is 12.5 Å². The quantitative estimate of drug-likeness (QED) is 0.444. The number of carbonyl (C=O) groups excluding carboxylic acids is 2. The van der Waals surface area contributed by atoms with Crippen molar-refractivity contribution in [2.24, 2.45) is 0 Å². The first-order valence-electron chi connectivity index (χ1n) is 11.0. The summed E-state index contributed by atoms with van der Waals surface area (Å²) >= 11 is 0. The number of hydrogen-bond acceptors (Lipinski definition) is 4. The molecule has 4 rings (SSSR count). The Balaban J connectivity index is 1.66. The number of hydroxylamine groups is 2. The predicted molar refractivity (Wildman–Crippen MR) is 125 cm³/mol. The summed E-state index contributed by atoms with van der Waals surface area (Å²) in [5, 5.41) is 3.94. The van der Waals surface area contributed by atoms with Crippen LogP contribution in [-0.4, -0.2) is 35.3 Å². The highest BCUT2D eigenvalue weighted by atomic mass is 16.7. The summed E-state index contributed by atoms with van der Waals surface area (Å²) in [5.41, 5.74) is 0.975. The average Bonchev–Trinajstić information content (AvgIpc) is 2.81. The van der Waals surface area contributed by atoms with Gasteiger partial charge in [-0.15, -0.1) is 0 Å². The van der Waals surface area contributed by atoms with Gasteiger partial charge in [0, 0.05) is 0 Å². The second-order valence-corrected chi connectivity index (χ2v) is 8.97. The molecule has 6 heteroatoms. The Hall–Kier alpha value is -3.64. The summed E-state index contributed by atoms with van der Waals surface area (Å²) in [5.74, 6) is -0.326. The summed E-state index contributed by atoms with van der Waals surface area (Å²) in [7, 11) is 0. The van der Waals surface area contributed by atoms with E-state index in [4.69, 9.17) is 9.57 Å². The lowest BCUT2D eigenvalue weighted by Crippen LogP contribution is -2.65. The highest BCUT2D eigenvalue weighted by Crippen LogP contribution is 2.42. The molecule has 170 valence electrons. The molecule has 0 bridgehead atoms. The van der Waals surface area contributed by atoms with Gasteiger partial charge < -0.3 is 10.1 Å². The van der Waals surface area contributed by atoms with E-state index in [2.05, 4.69) is 5.32 Å². The highest BCUT2D eigenvalue weighted by Gasteiger charge is 2.47. The summed E-state index contributed by atoms with van der Waals surface area (Å²) in [6.07, 6.45) is -0.624. The first-order valence-corrected chi connectivity index (χ1v) is 11.0. The van der Waals surface area contributed by atoms with E-state index in [1.54, 1.807) is 20.8 Å². The third-order valence-electron chi connectivity index (χ3n) is 5.37. The largest absolute Gasteiger partial charge is 0.444 e. The summed E-state index contributed by atoms with van der Waals surface area (Å²) in [4.78, 5) is 31.6. The summed E-state index contributed by atoms with van der Waals surface area (Å²) in [6, 6.07) is 28.8. The molecule has 0 aromatic heterocycles. The molecule has 1 aliphatic heterocycles. The van der Waals surface area contributed by atoms with E-state index >= 15 is 0 Å². The molecule has 1 fully saturated rings. The number of carbonyl (C=O) groups is 2. The van der Waals surface area contributed by atoms with Crippen LogP contribution in [0.5, 0.6) is 0 Å². The van der Waals surface area contributed by atoms with Gasteiger partial charge in [-0.05, 0) is 37.5 Å². The maximum absolute atomic E-state index is 13.0. The van der Waals surface area contributed by atoms with Crippen molar-refractivity contribution in [3.8, 4) is 0 Å². The van der Waals surface area contributed by atoms with Gasteiger partial charge in [-0.2, -0.15) is 0 Å². The van der Waals surface area contributed by atoms with Crippen molar-refractivity contribution in [3.05, 3.63) is 108 Å². The number of ether oxygens (including phenoxy) is 1. The number of hydrogen-bond donors (Lipinski definition) is 1. The van der Waals surface area contributed by atoms with Gasteiger partial charge in [0.2, 0.25) is 0 Å². The minimum Gasteiger partial charge on any atom is -0.444 e. The lowest BCUT2D eigenvalue weighted by molar-refractivity contribution is -0.248. The number of amides is 2. The van der Waals surface area contributed by atoms with Crippen molar-refractivity contribution >= 4 is 12.0 Å². The number of β-lactam (4-membered cyclic amide) rings is 1. The normalized spacial score (nSPS) is 16.2. The third-order valence-corrected chi connectivity index (χ3v) is 5.37. The maximum atomic E-state index is 13.0. The Morgan fingerprint density at radius 3 is 1.61 bits per heavy atom. The van der Waals surface area contributed by atoms with E-state index < -0.39 is 23.3 Å². The van der Waals surface area contributed by atoms with Crippen molar-refractivity contribution in [2.45, 2.75) is 38.0 Å². The molecule has 0 radical (unpaired) electrons. The second-order valence-electron chi connectivity index (χ2n) is 8.97. The summed E-state index contributed by atoms with van der Waals surface area (Å²) in [6.45, 7) is 5.54. The molecule has 1 aliphatic rings. The fraction of sp³-hybridized carbons (Fsp3) is 0.259.